The second-order valence-corrected chi connectivity index (χ2v) is 18.5. The lowest BCUT2D eigenvalue weighted by atomic mass is 9.84. The lowest BCUT2D eigenvalue weighted by Gasteiger charge is -2.38. The molecule has 1 amide bonds. The van der Waals surface area contributed by atoms with Gasteiger partial charge >= 0.3 is 0 Å². The normalized spacial score (nSPS) is 14.2. The summed E-state index contributed by atoms with van der Waals surface area (Å²) < 4.78 is 12.4. The van der Waals surface area contributed by atoms with E-state index in [-0.39, 0.29) is 28.4 Å². The van der Waals surface area contributed by atoms with Crippen molar-refractivity contribution in [3.8, 4) is 5.75 Å². The fraction of sp³-hybridized carbons (Fsp3) is 0.588. The maximum Gasteiger partial charge on any atom is 0.224 e. The van der Waals surface area contributed by atoms with Crippen LogP contribution in [0.2, 0.25) is 18.1 Å². The Balaban J connectivity index is 2.40. The van der Waals surface area contributed by atoms with Gasteiger partial charge in [-0.25, -0.2) is 0 Å². The summed E-state index contributed by atoms with van der Waals surface area (Å²) in [7, 11) is -0.331. The molecule has 0 fully saturated rings. The predicted molar refractivity (Wildman–Crippen MR) is 174 cm³/mol. The molecule has 2 aromatic carbocycles. The molecule has 0 heterocycles. The number of hydrogen-bond acceptors (Lipinski definition) is 5. The van der Waals surface area contributed by atoms with Gasteiger partial charge < -0.3 is 19.7 Å². The zero-order valence-corrected chi connectivity index (χ0v) is 28.4. The number of carbonyl (C=O) groups is 1. The summed E-state index contributed by atoms with van der Waals surface area (Å²) in [5.41, 5.74) is 4.61. The number of methoxy groups -OCH3 is 1. The zero-order chi connectivity index (χ0) is 31.0. The van der Waals surface area contributed by atoms with Crippen LogP contribution in [0.25, 0.3) is 0 Å². The average Bonchev–Trinajstić information content (AvgIpc) is 2.86. The first-order valence-corrected chi connectivity index (χ1v) is 17.9. The minimum atomic E-state index is -1.97. The van der Waals surface area contributed by atoms with Crippen molar-refractivity contribution < 1.29 is 19.2 Å². The monoisotopic (exact) mass is 582 g/mol. The summed E-state index contributed by atoms with van der Waals surface area (Å²) in [5.74, 6) is 0.680. The van der Waals surface area contributed by atoms with Crippen molar-refractivity contribution in [2.45, 2.75) is 123 Å². The molecular weight excluding hydrogens is 528 g/mol. The average molecular weight is 583 g/mol. The van der Waals surface area contributed by atoms with E-state index in [0.29, 0.717) is 12.2 Å². The molecule has 2 N–H and O–H groups in total. The lowest BCUT2D eigenvalue weighted by molar-refractivity contribution is -0.116. The van der Waals surface area contributed by atoms with E-state index in [9.17, 15) is 4.79 Å². The van der Waals surface area contributed by atoms with E-state index in [4.69, 9.17) is 14.4 Å². The van der Waals surface area contributed by atoms with Gasteiger partial charge in [0.25, 0.3) is 0 Å². The topological polar surface area (TPSA) is 80.2 Å². The number of unbranched alkanes of at least 4 members (excludes halogenated alkanes) is 2. The highest BCUT2D eigenvalue weighted by Gasteiger charge is 2.38. The maximum atomic E-state index is 13.7. The number of rotatable bonds is 13. The van der Waals surface area contributed by atoms with Gasteiger partial charge in [0.1, 0.15) is 5.75 Å². The second kappa shape index (κ2) is 14.5. The van der Waals surface area contributed by atoms with Crippen molar-refractivity contribution in [1.29, 1.82) is 0 Å². The highest BCUT2D eigenvalue weighted by molar-refractivity contribution is 6.74. The number of ether oxygens (including phenoxy) is 1. The number of nitrogens with one attached hydrogen (secondary N) is 1. The molecule has 6 nitrogen and oxygen atoms in total. The number of benzene rings is 2. The molecule has 41 heavy (non-hydrogen) atoms. The Hall–Kier alpha value is -2.64. The fourth-order valence-corrected chi connectivity index (χ4v) is 6.28. The van der Waals surface area contributed by atoms with Gasteiger partial charge in [-0.05, 0) is 77.2 Å². The van der Waals surface area contributed by atoms with E-state index in [0.717, 1.165) is 53.6 Å². The molecule has 0 bridgehead atoms. The number of nitrogens with zero attached hydrogens (tertiary/aromatic N) is 1. The first-order chi connectivity index (χ1) is 19.0. The molecule has 0 spiro atoms. The molecule has 228 valence electrons. The van der Waals surface area contributed by atoms with Crippen LogP contribution in [0.15, 0.2) is 41.6 Å². The van der Waals surface area contributed by atoms with E-state index in [1.165, 1.54) is 6.21 Å². The smallest absolute Gasteiger partial charge is 0.224 e. The molecule has 2 atom stereocenters. The van der Waals surface area contributed by atoms with Crippen LogP contribution in [0.5, 0.6) is 5.75 Å². The molecule has 0 aliphatic rings. The third-order valence-electron chi connectivity index (χ3n) is 8.36. The summed E-state index contributed by atoms with van der Waals surface area (Å²) in [4.78, 5) is 13.7. The van der Waals surface area contributed by atoms with E-state index in [1.807, 2.05) is 18.2 Å². The molecule has 0 aliphatic carbocycles. The van der Waals surface area contributed by atoms with Gasteiger partial charge in [0.2, 0.25) is 5.91 Å². The molecule has 0 saturated heterocycles. The fourth-order valence-electron chi connectivity index (χ4n) is 4.90. The summed E-state index contributed by atoms with van der Waals surface area (Å²) >= 11 is 0. The second-order valence-electron chi connectivity index (χ2n) is 13.8. The number of amides is 1. The molecule has 0 saturated carbocycles. The van der Waals surface area contributed by atoms with Crippen LogP contribution >= 0.6 is 0 Å². The number of anilines is 1. The molecule has 2 unspecified atom stereocenters. The first-order valence-electron chi connectivity index (χ1n) is 15.0. The van der Waals surface area contributed by atoms with Gasteiger partial charge in [0, 0.05) is 12.1 Å². The Morgan fingerprint density at radius 2 is 1.76 bits per heavy atom. The number of carbonyl (C=O) groups excluding carboxylic acids is 1. The summed E-state index contributed by atoms with van der Waals surface area (Å²) in [6.45, 7) is 22.1. The highest BCUT2D eigenvalue weighted by Crippen LogP contribution is 2.41. The summed E-state index contributed by atoms with van der Waals surface area (Å²) in [6, 6.07) is 12.1. The van der Waals surface area contributed by atoms with Gasteiger partial charge in [0.05, 0.1) is 19.4 Å². The van der Waals surface area contributed by atoms with Crippen molar-refractivity contribution in [3.05, 3.63) is 58.7 Å². The predicted octanol–water partition coefficient (Wildman–Crippen LogP) is 9.58. The highest BCUT2D eigenvalue weighted by atomic mass is 28.4. The standard InChI is InChI=1S/C34H54N2O4Si/c1-12-13-14-15-27(28-18-16-25(23-35-38)20-31(28)39-9)22-32(37)36-30-21-26(17-19-29(30)33(3,4)5)24(2)40-41(10,11)34(6,7)8/h16-21,23-24,27,38H,12-15,22H2,1-11H3,(H,36,37). The van der Waals surface area contributed by atoms with Crippen LogP contribution < -0.4 is 10.1 Å². The number of oxime groups is 1. The van der Waals surface area contributed by atoms with Crippen molar-refractivity contribution in [1.82, 2.24) is 0 Å². The Bertz CT molecular complexity index is 1180. The third kappa shape index (κ3) is 9.71. The van der Waals surface area contributed by atoms with Crippen LogP contribution in [0.4, 0.5) is 5.69 Å². The molecular formula is C34H54N2O4Si. The van der Waals surface area contributed by atoms with E-state index >= 15 is 0 Å². The van der Waals surface area contributed by atoms with Gasteiger partial charge in [-0.2, -0.15) is 0 Å². The summed E-state index contributed by atoms with van der Waals surface area (Å²) in [5, 5.41) is 15.5. The minimum absolute atomic E-state index is 0.00118. The van der Waals surface area contributed by atoms with Crippen LogP contribution in [0.3, 0.4) is 0 Å². The van der Waals surface area contributed by atoms with Crippen molar-refractivity contribution in [3.63, 3.8) is 0 Å². The Morgan fingerprint density at radius 1 is 1.07 bits per heavy atom. The van der Waals surface area contributed by atoms with Gasteiger partial charge in [0.15, 0.2) is 8.32 Å². The molecule has 2 aromatic rings. The maximum absolute atomic E-state index is 13.7. The van der Waals surface area contributed by atoms with Crippen molar-refractivity contribution in [2.75, 3.05) is 12.4 Å². The van der Waals surface area contributed by atoms with Crippen molar-refractivity contribution in [2.24, 2.45) is 5.16 Å². The Morgan fingerprint density at radius 3 is 2.32 bits per heavy atom. The van der Waals surface area contributed by atoms with Crippen molar-refractivity contribution >= 4 is 26.1 Å². The molecule has 0 radical (unpaired) electrons. The van der Waals surface area contributed by atoms with Crippen LogP contribution in [0.1, 0.15) is 122 Å². The Labute approximate surface area is 250 Å². The molecule has 2 rings (SSSR count). The van der Waals surface area contributed by atoms with Crippen LogP contribution in [-0.2, 0) is 14.6 Å². The largest absolute Gasteiger partial charge is 0.496 e. The molecule has 0 aliphatic heterocycles. The minimum Gasteiger partial charge on any atom is -0.496 e. The third-order valence-corrected chi connectivity index (χ3v) is 12.9. The van der Waals surface area contributed by atoms with Crippen LogP contribution in [-0.4, -0.2) is 32.8 Å². The van der Waals surface area contributed by atoms with Crippen LogP contribution in [0, 0.1) is 0 Å². The molecule has 0 aromatic heterocycles. The van der Waals surface area contributed by atoms with Gasteiger partial charge in [-0.3, -0.25) is 4.79 Å². The lowest BCUT2D eigenvalue weighted by Crippen LogP contribution is -2.41. The quantitative estimate of drug-likeness (QED) is 0.0810. The SMILES string of the molecule is CCCCCC(CC(=O)Nc1cc(C(C)O[Si](C)(C)C(C)(C)C)ccc1C(C)(C)C)c1ccc(C=NO)cc1OC. The number of hydrogen-bond donors (Lipinski definition) is 2. The first kappa shape index (κ1) is 34.6. The van der Waals surface area contributed by atoms with E-state index in [2.05, 4.69) is 97.2 Å². The van der Waals surface area contributed by atoms with Gasteiger partial charge in [-0.1, -0.05) is 97.1 Å². The summed E-state index contributed by atoms with van der Waals surface area (Å²) in [6.07, 6.45) is 5.78. The Kier molecular flexibility index (Phi) is 12.2. The van der Waals surface area contributed by atoms with E-state index in [1.54, 1.807) is 7.11 Å². The molecule has 7 heteroatoms. The van der Waals surface area contributed by atoms with Gasteiger partial charge in [-0.15, -0.1) is 0 Å². The van der Waals surface area contributed by atoms with E-state index < -0.39 is 8.32 Å². The zero-order valence-electron chi connectivity index (χ0n) is 27.4.